The summed E-state index contributed by atoms with van der Waals surface area (Å²) in [6, 6.07) is 0. The zero-order valence-corrected chi connectivity index (χ0v) is 10.6. The van der Waals surface area contributed by atoms with Crippen LogP contribution in [0.3, 0.4) is 0 Å². The van der Waals surface area contributed by atoms with Crippen molar-refractivity contribution in [2.45, 2.75) is 39.2 Å². The van der Waals surface area contributed by atoms with E-state index in [0.717, 1.165) is 32.6 Å². The predicted octanol–water partition coefficient (Wildman–Crippen LogP) is 0.917. The summed E-state index contributed by atoms with van der Waals surface area (Å²) in [5.74, 6) is 0.675. The summed E-state index contributed by atoms with van der Waals surface area (Å²) < 4.78 is 5.27. The topological polar surface area (TPSA) is 50.4 Å². The van der Waals surface area contributed by atoms with Crippen LogP contribution in [0.5, 0.6) is 0 Å². The van der Waals surface area contributed by atoms with Crippen molar-refractivity contribution < 1.29 is 9.53 Å². The Kier molecular flexibility index (Phi) is 5.22. The third kappa shape index (κ3) is 6.08. The van der Waals surface area contributed by atoms with Crippen molar-refractivity contribution in [1.29, 1.82) is 0 Å². The fourth-order valence-corrected chi connectivity index (χ4v) is 1.62. The van der Waals surface area contributed by atoms with Gasteiger partial charge in [-0.3, -0.25) is 4.79 Å². The van der Waals surface area contributed by atoms with Crippen LogP contribution < -0.4 is 10.6 Å². The Balaban J connectivity index is 2.09. The van der Waals surface area contributed by atoms with Crippen molar-refractivity contribution >= 4 is 5.91 Å². The largest absolute Gasteiger partial charge is 0.381 e. The maximum Gasteiger partial charge on any atom is 0.233 e. The monoisotopic (exact) mass is 228 g/mol. The molecule has 1 aliphatic rings. The Morgan fingerprint density at radius 3 is 2.50 bits per heavy atom. The van der Waals surface area contributed by atoms with E-state index in [1.807, 2.05) is 0 Å². The van der Waals surface area contributed by atoms with E-state index in [1.165, 1.54) is 0 Å². The van der Waals surface area contributed by atoms with E-state index in [-0.39, 0.29) is 11.4 Å². The summed E-state index contributed by atoms with van der Waals surface area (Å²) in [6.07, 6.45) is 2.12. The van der Waals surface area contributed by atoms with Gasteiger partial charge in [-0.25, -0.2) is 0 Å². The van der Waals surface area contributed by atoms with E-state index >= 15 is 0 Å². The van der Waals surface area contributed by atoms with Crippen molar-refractivity contribution in [2.24, 2.45) is 5.92 Å². The van der Waals surface area contributed by atoms with Gasteiger partial charge in [0.25, 0.3) is 0 Å². The Bertz CT molecular complexity index is 218. The molecule has 0 atom stereocenters. The molecule has 1 amide bonds. The predicted molar refractivity (Wildman–Crippen MR) is 64.3 cm³/mol. The van der Waals surface area contributed by atoms with Gasteiger partial charge in [0, 0.05) is 25.3 Å². The third-order valence-corrected chi connectivity index (χ3v) is 2.71. The van der Waals surface area contributed by atoms with Gasteiger partial charge in [0.15, 0.2) is 0 Å². The Hall–Kier alpha value is -0.610. The minimum absolute atomic E-state index is 0.00395. The average Bonchev–Trinajstić information content (AvgIpc) is 2.24. The normalized spacial score (nSPS) is 18.4. The lowest BCUT2D eigenvalue weighted by atomic mass is 10.0. The van der Waals surface area contributed by atoms with Crippen molar-refractivity contribution in [3.8, 4) is 0 Å². The molecule has 0 aromatic carbocycles. The number of carbonyl (C=O) groups is 1. The number of amides is 1. The highest BCUT2D eigenvalue weighted by atomic mass is 16.5. The van der Waals surface area contributed by atoms with Gasteiger partial charge < -0.3 is 15.4 Å². The number of ether oxygens (including phenoxy) is 1. The van der Waals surface area contributed by atoms with Crippen LogP contribution in [0.2, 0.25) is 0 Å². The lowest BCUT2D eigenvalue weighted by Crippen LogP contribution is -2.44. The zero-order chi connectivity index (χ0) is 12.0. The standard InChI is InChI=1S/C12H24N2O2/c1-12(2,3)14-9-11(15)13-8-10-4-6-16-7-5-10/h10,14H,4-9H2,1-3H3,(H,13,15). The second-order valence-electron chi connectivity index (χ2n) is 5.46. The molecule has 94 valence electrons. The van der Waals surface area contributed by atoms with E-state index in [0.29, 0.717) is 12.5 Å². The molecule has 4 nitrogen and oxygen atoms in total. The molecule has 1 saturated heterocycles. The lowest BCUT2D eigenvalue weighted by molar-refractivity contribution is -0.120. The van der Waals surface area contributed by atoms with Crippen LogP contribution in [-0.2, 0) is 9.53 Å². The summed E-state index contributed by atoms with van der Waals surface area (Å²) in [6.45, 7) is 9.01. The average molecular weight is 228 g/mol. The maximum absolute atomic E-state index is 11.5. The molecule has 1 aliphatic heterocycles. The number of hydrogen-bond acceptors (Lipinski definition) is 3. The van der Waals surface area contributed by atoms with E-state index in [2.05, 4.69) is 31.4 Å². The molecule has 0 bridgehead atoms. The van der Waals surface area contributed by atoms with Gasteiger partial charge in [-0.05, 0) is 39.5 Å². The van der Waals surface area contributed by atoms with Crippen LogP contribution in [0.1, 0.15) is 33.6 Å². The van der Waals surface area contributed by atoms with Crippen LogP contribution >= 0.6 is 0 Å². The smallest absolute Gasteiger partial charge is 0.233 e. The maximum atomic E-state index is 11.5. The molecule has 1 heterocycles. The summed E-state index contributed by atoms with van der Waals surface area (Å²) in [5.41, 5.74) is -0.00395. The molecular weight excluding hydrogens is 204 g/mol. The van der Waals surface area contributed by atoms with Gasteiger partial charge in [-0.1, -0.05) is 0 Å². The molecule has 1 rings (SSSR count). The SMILES string of the molecule is CC(C)(C)NCC(=O)NCC1CCOCC1. The Morgan fingerprint density at radius 1 is 1.31 bits per heavy atom. The number of carbonyl (C=O) groups excluding carboxylic acids is 1. The second-order valence-corrected chi connectivity index (χ2v) is 5.46. The number of rotatable bonds is 4. The van der Waals surface area contributed by atoms with E-state index < -0.39 is 0 Å². The second kappa shape index (κ2) is 6.21. The molecule has 0 unspecified atom stereocenters. The van der Waals surface area contributed by atoms with Gasteiger partial charge >= 0.3 is 0 Å². The van der Waals surface area contributed by atoms with Crippen molar-refractivity contribution in [2.75, 3.05) is 26.3 Å². The van der Waals surface area contributed by atoms with Gasteiger partial charge in [0.2, 0.25) is 5.91 Å². The summed E-state index contributed by atoms with van der Waals surface area (Å²) in [5, 5.41) is 6.14. The number of hydrogen-bond donors (Lipinski definition) is 2. The van der Waals surface area contributed by atoms with Crippen LogP contribution in [0.25, 0.3) is 0 Å². The molecule has 0 saturated carbocycles. The summed E-state index contributed by atoms with van der Waals surface area (Å²) in [4.78, 5) is 11.5. The highest BCUT2D eigenvalue weighted by molar-refractivity contribution is 5.78. The van der Waals surface area contributed by atoms with Crippen LogP contribution in [0.4, 0.5) is 0 Å². The van der Waals surface area contributed by atoms with Gasteiger partial charge in [0.05, 0.1) is 6.54 Å². The van der Waals surface area contributed by atoms with Gasteiger partial charge in [0.1, 0.15) is 0 Å². The number of nitrogens with one attached hydrogen (secondary N) is 2. The van der Waals surface area contributed by atoms with Crippen LogP contribution in [0, 0.1) is 5.92 Å². The fourth-order valence-electron chi connectivity index (χ4n) is 1.62. The molecule has 0 aliphatic carbocycles. The van der Waals surface area contributed by atoms with E-state index in [9.17, 15) is 4.79 Å². The molecule has 4 heteroatoms. The lowest BCUT2D eigenvalue weighted by Gasteiger charge is -2.23. The first-order valence-electron chi connectivity index (χ1n) is 6.07. The van der Waals surface area contributed by atoms with Gasteiger partial charge in [-0.2, -0.15) is 0 Å². The molecule has 16 heavy (non-hydrogen) atoms. The molecule has 0 spiro atoms. The van der Waals surface area contributed by atoms with Gasteiger partial charge in [-0.15, -0.1) is 0 Å². The molecule has 2 N–H and O–H groups in total. The summed E-state index contributed by atoms with van der Waals surface area (Å²) >= 11 is 0. The zero-order valence-electron chi connectivity index (χ0n) is 10.6. The molecule has 0 radical (unpaired) electrons. The minimum atomic E-state index is -0.00395. The minimum Gasteiger partial charge on any atom is -0.381 e. The van der Waals surface area contributed by atoms with Crippen molar-refractivity contribution in [3.05, 3.63) is 0 Å². The van der Waals surface area contributed by atoms with Crippen LogP contribution in [0.15, 0.2) is 0 Å². The van der Waals surface area contributed by atoms with Crippen molar-refractivity contribution in [3.63, 3.8) is 0 Å². The molecule has 0 aromatic rings. The van der Waals surface area contributed by atoms with E-state index in [1.54, 1.807) is 0 Å². The first-order chi connectivity index (χ1) is 7.47. The quantitative estimate of drug-likeness (QED) is 0.752. The van der Waals surface area contributed by atoms with Crippen LogP contribution in [-0.4, -0.2) is 37.7 Å². The highest BCUT2D eigenvalue weighted by Crippen LogP contribution is 2.12. The third-order valence-electron chi connectivity index (χ3n) is 2.71. The first-order valence-corrected chi connectivity index (χ1v) is 6.07. The molecular formula is C12H24N2O2. The molecule has 0 aromatic heterocycles. The Labute approximate surface area is 98.1 Å². The first kappa shape index (κ1) is 13.5. The highest BCUT2D eigenvalue weighted by Gasteiger charge is 2.15. The Morgan fingerprint density at radius 2 is 1.94 bits per heavy atom. The van der Waals surface area contributed by atoms with E-state index in [4.69, 9.17) is 4.74 Å². The molecule has 1 fully saturated rings. The fraction of sp³-hybridized carbons (Fsp3) is 0.917. The van der Waals surface area contributed by atoms with Crippen molar-refractivity contribution in [1.82, 2.24) is 10.6 Å². The summed E-state index contributed by atoms with van der Waals surface area (Å²) in [7, 11) is 0.